The lowest BCUT2D eigenvalue weighted by molar-refractivity contribution is -0.137. The van der Waals surface area contributed by atoms with Crippen molar-refractivity contribution < 1.29 is 67.1 Å². The highest BCUT2D eigenvalue weighted by Gasteiger charge is 2.40. The molecule has 0 fully saturated rings. The van der Waals surface area contributed by atoms with Crippen molar-refractivity contribution in [2.45, 2.75) is 267 Å². The molecule has 4 rings (SSSR count). The van der Waals surface area contributed by atoms with Gasteiger partial charge in [-0.3, -0.25) is 82.1 Å². The number of amides is 14. The standard InChI is InChI=1S/C86H146N30O14S/c1-6-49(3)69(116-79(126)64(34-35-68(92)117)106-72(119)55(91)25-20-41-100-84(94)95)82(129)112-61(31-15-19-40-90)78(125)115-70(50(4)7-2)83(130)114-67(46-52-48-104-57-27-11-9-24-54(52)57)81(128)110-63(33-22-43-102-86(98)99)74(121)108-62(32-21-42-101-85(96)97)75(122)111-65(36-44-131-5)77(124)107-60(30-14-18-39-89)76(123)113-66(45-51-47-103-56-26-10-8-23-53(51)56)80(127)109-59(29-13-17-38-88)73(120)105-58(71(93)118)28-12-16-37-87/h8-11,23-24,26-27,47-50,55,58-67,69-70,103-104H,6-7,12-22,25,28-46,87-91H2,1-5H3,(H2,92,117)(H2,93,118)(H,105,120)(H,106,119)(H,107,124)(H,108,121)(H,109,127)(H,110,128)(H,111,122)(H,112,129)(H,113,123)(H,114,130)(H,115,125)(H,116,126)(H4,94,95,100)(H4,96,97,101)(H4,98,99,102)/t49-,50-,55-,58-,59-,60-,61-,62-,63-,64-,65-,66-,67-,69-,70-/m0/s1. The molecule has 4 aromatic rings. The summed E-state index contributed by atoms with van der Waals surface area (Å²) in [5.74, 6) is -13.3. The molecule has 0 radical (unpaired) electrons. The van der Waals surface area contributed by atoms with Crippen LogP contribution in [0, 0.1) is 11.8 Å². The van der Waals surface area contributed by atoms with E-state index < -0.39 is 173 Å². The fraction of sp³-hybridized carbons (Fsp3) is 0.616. The first-order valence-corrected chi connectivity index (χ1v) is 46.5. The van der Waals surface area contributed by atoms with E-state index in [-0.39, 0.29) is 159 Å². The highest BCUT2D eigenvalue weighted by Crippen LogP contribution is 2.24. The van der Waals surface area contributed by atoms with Crippen molar-refractivity contribution in [3.8, 4) is 0 Å². The number of aromatic nitrogens is 2. The Bertz CT molecular complexity index is 4400. The number of nitrogens with one attached hydrogen (secondary N) is 14. The van der Waals surface area contributed by atoms with Gasteiger partial charge in [-0.15, -0.1) is 0 Å². The second-order valence-corrected chi connectivity index (χ2v) is 33.7. The molecule has 2 aromatic heterocycles. The Kier molecular flexibility index (Phi) is 51.7. The molecule has 44 nitrogen and oxygen atoms in total. The molecule has 730 valence electrons. The van der Waals surface area contributed by atoms with Crippen LogP contribution in [0.25, 0.3) is 21.8 Å². The number of H-pyrrole nitrogens is 2. The molecule has 0 spiro atoms. The van der Waals surface area contributed by atoms with E-state index in [0.717, 1.165) is 10.9 Å². The number of fused-ring (bicyclic) bond motifs is 2. The number of carbonyl (C=O) groups is 14. The molecule has 0 bridgehead atoms. The van der Waals surface area contributed by atoms with Gasteiger partial charge in [0.15, 0.2) is 17.9 Å². The number of primary amides is 2. The summed E-state index contributed by atoms with van der Waals surface area (Å²) < 4.78 is 0. The van der Waals surface area contributed by atoms with E-state index in [0.29, 0.717) is 92.8 Å². The van der Waals surface area contributed by atoms with E-state index in [1.54, 1.807) is 76.7 Å². The quantitative estimate of drug-likeness (QED) is 0.0113. The summed E-state index contributed by atoms with van der Waals surface area (Å²) in [7, 11) is 0. The maximum Gasteiger partial charge on any atom is 0.243 e. The van der Waals surface area contributed by atoms with Crippen molar-refractivity contribution in [3.63, 3.8) is 0 Å². The monoisotopic (exact) mass is 1860 g/mol. The molecular formula is C86H146N30O14S. The molecule has 40 N–H and O–H groups in total. The summed E-state index contributed by atoms with van der Waals surface area (Å²) >= 11 is 1.33. The second kappa shape index (κ2) is 60.8. The van der Waals surface area contributed by atoms with Crippen LogP contribution in [0.3, 0.4) is 0 Å². The Labute approximate surface area is 769 Å². The maximum absolute atomic E-state index is 15.5. The summed E-state index contributed by atoms with van der Waals surface area (Å²) in [4.78, 5) is 221. The van der Waals surface area contributed by atoms with Crippen LogP contribution in [0.4, 0.5) is 0 Å². The molecule has 15 atom stereocenters. The fourth-order valence-electron chi connectivity index (χ4n) is 14.4. The highest BCUT2D eigenvalue weighted by molar-refractivity contribution is 7.98. The number of guanidine groups is 3. The Morgan fingerprint density at radius 2 is 0.626 bits per heavy atom. The Morgan fingerprint density at radius 3 is 0.962 bits per heavy atom. The van der Waals surface area contributed by atoms with Gasteiger partial charge in [0.05, 0.1) is 6.04 Å². The summed E-state index contributed by atoms with van der Waals surface area (Å²) in [6, 6.07) is -3.46. The lowest BCUT2D eigenvalue weighted by Crippen LogP contribution is -2.62. The first-order valence-electron chi connectivity index (χ1n) is 45.1. The Balaban J connectivity index is 1.76. The number of para-hydroxylation sites is 2. The molecule has 14 amide bonds. The van der Waals surface area contributed by atoms with E-state index in [9.17, 15) is 38.4 Å². The smallest absolute Gasteiger partial charge is 0.243 e. The average Bonchev–Trinajstić information content (AvgIpc) is 1.71. The number of benzene rings is 2. The number of nitrogens with zero attached hydrogens (tertiary/aromatic N) is 3. The largest absolute Gasteiger partial charge is 0.370 e. The first-order chi connectivity index (χ1) is 62.5. The molecular weight excluding hydrogens is 1710 g/mol. The predicted molar refractivity (Wildman–Crippen MR) is 506 cm³/mol. The lowest BCUT2D eigenvalue weighted by atomic mass is 9.95. The molecule has 0 aliphatic carbocycles. The van der Waals surface area contributed by atoms with Crippen LogP contribution in [0.1, 0.15) is 187 Å². The Hall–Kier alpha value is -11.9. The number of unbranched alkanes of at least 4 members (excludes halogenated alkanes) is 4. The van der Waals surface area contributed by atoms with E-state index in [1.165, 1.54) is 11.8 Å². The SMILES string of the molecule is CC[C@H](C)[C@H](NC(=O)[C@H](CCCCN)NC(=O)[C@@H](NC(=O)[C@H](CCC(N)=O)NC(=O)[C@@H](N)CCCN=C(N)N)[C@@H](C)CC)C(=O)N[C@@H](Cc1c[nH]c2ccccc12)C(=O)N[C@@H](CCCN=C(N)N)C(=O)N[C@@H](CCCN=C(N)N)C(=O)N[C@@H](CCSC)C(=O)N[C@@H](CCCCN)C(=O)N[C@@H](Cc1c[nH]c2ccccc12)C(=O)N[C@@H](CCCCN)C(=O)N[C@@H](CCCCN)C(N)=O. The molecule has 0 saturated heterocycles. The van der Waals surface area contributed by atoms with Crippen LogP contribution in [0.5, 0.6) is 0 Å². The first kappa shape index (κ1) is 111. The topological polar surface area (TPSA) is 790 Å². The molecule has 2 heterocycles. The maximum atomic E-state index is 15.5. The van der Waals surface area contributed by atoms with Gasteiger partial charge in [0.2, 0.25) is 82.7 Å². The second-order valence-electron chi connectivity index (χ2n) is 32.8. The Morgan fingerprint density at radius 1 is 0.344 bits per heavy atom. The zero-order chi connectivity index (χ0) is 97.1. The van der Waals surface area contributed by atoms with Gasteiger partial charge < -0.3 is 148 Å². The van der Waals surface area contributed by atoms with Gasteiger partial charge in [0.1, 0.15) is 72.5 Å². The third kappa shape index (κ3) is 40.5. The fourth-order valence-corrected chi connectivity index (χ4v) is 14.9. The van der Waals surface area contributed by atoms with Crippen LogP contribution in [-0.2, 0) is 80.0 Å². The molecule has 45 heteroatoms. The van der Waals surface area contributed by atoms with Gasteiger partial charge in [-0.25, -0.2) is 0 Å². The number of carbonyl (C=O) groups excluding carboxylic acids is 14. The zero-order valence-electron chi connectivity index (χ0n) is 76.2. The minimum absolute atomic E-state index is 0.0187. The van der Waals surface area contributed by atoms with Crippen LogP contribution in [0.2, 0.25) is 0 Å². The van der Waals surface area contributed by atoms with Gasteiger partial charge >= 0.3 is 0 Å². The van der Waals surface area contributed by atoms with Crippen molar-refractivity contribution >= 4 is 134 Å². The van der Waals surface area contributed by atoms with Crippen LogP contribution in [-0.4, -0.2) is 247 Å². The summed E-state index contributed by atoms with van der Waals surface area (Å²) in [6.45, 7) is 7.96. The normalized spacial score (nSPS) is 14.7. The van der Waals surface area contributed by atoms with Crippen LogP contribution in [0.15, 0.2) is 75.9 Å². The number of rotatable bonds is 67. The number of nitrogens with two attached hydrogens (primary N) is 13. The van der Waals surface area contributed by atoms with Crippen molar-refractivity contribution in [2.24, 2.45) is 101 Å². The minimum atomic E-state index is -1.55. The number of aromatic amines is 2. The van der Waals surface area contributed by atoms with E-state index in [4.69, 9.17) is 74.5 Å². The lowest BCUT2D eigenvalue weighted by Gasteiger charge is -2.31. The summed E-state index contributed by atoms with van der Waals surface area (Å²) in [5.41, 5.74) is 77.2. The van der Waals surface area contributed by atoms with Crippen LogP contribution < -0.4 is 138 Å². The summed E-state index contributed by atoms with van der Waals surface area (Å²) in [5, 5.41) is 34.7. The van der Waals surface area contributed by atoms with Gasteiger partial charge in [0, 0.05) is 73.1 Å². The number of aliphatic imine (C=N–C) groups is 3. The van der Waals surface area contributed by atoms with E-state index in [1.807, 2.05) is 18.2 Å². The van der Waals surface area contributed by atoms with E-state index >= 15 is 28.8 Å². The van der Waals surface area contributed by atoms with Crippen molar-refractivity contribution in [2.75, 3.05) is 57.8 Å². The van der Waals surface area contributed by atoms with Crippen molar-refractivity contribution in [1.82, 2.24) is 73.8 Å². The van der Waals surface area contributed by atoms with Gasteiger partial charge in [0.25, 0.3) is 0 Å². The van der Waals surface area contributed by atoms with Gasteiger partial charge in [-0.1, -0.05) is 76.9 Å². The number of thioether (sulfide) groups is 1. The average molecular weight is 1860 g/mol. The molecule has 131 heavy (non-hydrogen) atoms. The molecule has 0 unspecified atom stereocenters. The predicted octanol–water partition coefficient (Wildman–Crippen LogP) is -4.15. The molecule has 0 saturated carbocycles. The third-order valence-electron chi connectivity index (χ3n) is 22.4. The van der Waals surface area contributed by atoms with E-state index in [2.05, 4.69) is 88.7 Å². The molecule has 0 aliphatic heterocycles. The number of hydrogen-bond acceptors (Lipinski definition) is 23. The van der Waals surface area contributed by atoms with Crippen molar-refractivity contribution in [3.05, 3.63) is 72.1 Å². The summed E-state index contributed by atoms with van der Waals surface area (Å²) in [6.07, 6.45) is 8.28. The highest BCUT2D eigenvalue weighted by atomic mass is 32.2. The number of hydrogen-bond donors (Lipinski definition) is 27. The molecule has 2 aromatic carbocycles. The van der Waals surface area contributed by atoms with Crippen molar-refractivity contribution in [1.29, 1.82) is 0 Å². The minimum Gasteiger partial charge on any atom is -0.370 e. The molecule has 0 aliphatic rings. The third-order valence-corrected chi connectivity index (χ3v) is 23.1. The van der Waals surface area contributed by atoms with Crippen LogP contribution >= 0.6 is 11.8 Å². The zero-order valence-corrected chi connectivity index (χ0v) is 77.1. The van der Waals surface area contributed by atoms with Gasteiger partial charge in [-0.05, 0) is 202 Å². The van der Waals surface area contributed by atoms with Gasteiger partial charge in [-0.2, -0.15) is 11.8 Å².